The van der Waals surface area contributed by atoms with Gasteiger partial charge in [-0.2, -0.15) is 0 Å². The Bertz CT molecular complexity index is 1190. The molecule has 2 aliphatic rings. The van der Waals surface area contributed by atoms with Gasteiger partial charge in [0.2, 0.25) is 5.91 Å². The van der Waals surface area contributed by atoms with Crippen LogP contribution in [0.25, 0.3) is 0 Å². The van der Waals surface area contributed by atoms with E-state index in [2.05, 4.69) is 31.2 Å². The molecule has 2 saturated carbocycles. The van der Waals surface area contributed by atoms with Gasteiger partial charge >= 0.3 is 5.97 Å². The Hall–Kier alpha value is -2.08. The van der Waals surface area contributed by atoms with Crippen molar-refractivity contribution in [3.8, 4) is 0 Å². The molecule has 2 aromatic carbocycles. The molecule has 0 heterocycles. The summed E-state index contributed by atoms with van der Waals surface area (Å²) >= 11 is 18.3. The van der Waals surface area contributed by atoms with Gasteiger partial charge in [-0.15, -0.1) is 0 Å². The van der Waals surface area contributed by atoms with Crippen molar-refractivity contribution in [2.75, 3.05) is 5.32 Å². The first-order valence-electron chi connectivity index (χ1n) is 10.7. The summed E-state index contributed by atoms with van der Waals surface area (Å²) in [5.74, 6) is -0.736. The van der Waals surface area contributed by atoms with Crippen LogP contribution in [0.2, 0.25) is 15.1 Å². The third kappa shape index (κ3) is 3.65. The highest BCUT2D eigenvalue weighted by Gasteiger charge is 2.71. The van der Waals surface area contributed by atoms with E-state index in [1.165, 1.54) is 12.1 Å². The van der Waals surface area contributed by atoms with Gasteiger partial charge in [0.05, 0.1) is 21.7 Å². The van der Waals surface area contributed by atoms with Gasteiger partial charge in [0.1, 0.15) is 0 Å². The van der Waals surface area contributed by atoms with Gasteiger partial charge in [-0.3, -0.25) is 4.79 Å². The van der Waals surface area contributed by atoms with Crippen LogP contribution in [-0.2, 0) is 9.63 Å². The minimum absolute atomic E-state index is 0.0705. The number of rotatable bonds is 4. The lowest BCUT2D eigenvalue weighted by Gasteiger charge is -2.39. The van der Waals surface area contributed by atoms with E-state index >= 15 is 0 Å². The number of carbonyl (C=O) groups is 2. The monoisotopic (exact) mass is 506 g/mol. The number of fused-ring (bicyclic) bond motifs is 2. The highest BCUT2D eigenvalue weighted by Crippen LogP contribution is 2.71. The molecule has 2 aliphatic carbocycles. The molecule has 8 heteroatoms. The number of amides is 1. The molecule has 0 radical (unpaired) electrons. The molecule has 0 spiro atoms. The standard InChI is InChI=1S/C25H25Cl3N2O3/c1-14-17(27)6-5-7-19(14)29-22(32)25-11-10-24(4,23(25,2)3)20(13-25)30-33-21(31)16-9-8-15(26)12-18(16)28/h5-9,12H,10-11,13H2,1-4H3,(H,29,32)/b30-20-. The lowest BCUT2D eigenvalue weighted by Crippen LogP contribution is -2.43. The molecule has 1 amide bonds. The largest absolute Gasteiger partial charge is 0.367 e. The topological polar surface area (TPSA) is 67.8 Å². The Balaban J connectivity index is 1.61. The quantitative estimate of drug-likeness (QED) is 0.348. The fourth-order valence-corrected chi connectivity index (χ4v) is 5.97. The lowest BCUT2D eigenvalue weighted by molar-refractivity contribution is -0.130. The molecule has 174 valence electrons. The number of carbonyl (C=O) groups excluding carboxylic acids is 2. The van der Waals surface area contributed by atoms with E-state index in [0.29, 0.717) is 27.9 Å². The first-order chi connectivity index (χ1) is 15.4. The molecule has 2 fully saturated rings. The molecule has 2 unspecified atom stereocenters. The average Bonchev–Trinajstić information content (AvgIpc) is 3.06. The number of hydrogen-bond acceptors (Lipinski definition) is 4. The highest BCUT2D eigenvalue weighted by atomic mass is 35.5. The molecular weight excluding hydrogens is 483 g/mol. The fourth-order valence-electron chi connectivity index (χ4n) is 5.31. The Morgan fingerprint density at radius 3 is 2.45 bits per heavy atom. The van der Waals surface area contributed by atoms with Gasteiger partial charge in [-0.05, 0) is 61.1 Å². The van der Waals surface area contributed by atoms with Gasteiger partial charge in [-0.1, -0.05) is 66.8 Å². The molecule has 4 rings (SSSR count). The Kier molecular flexibility index (Phi) is 6.05. The number of nitrogens with zero attached hydrogens (tertiary/aromatic N) is 1. The van der Waals surface area contributed by atoms with E-state index in [9.17, 15) is 9.59 Å². The fraction of sp³-hybridized carbons (Fsp3) is 0.400. The number of anilines is 1. The second-order valence-corrected chi connectivity index (χ2v) is 10.9. The van der Waals surface area contributed by atoms with E-state index in [1.807, 2.05) is 19.1 Å². The highest BCUT2D eigenvalue weighted by molar-refractivity contribution is 6.36. The number of benzene rings is 2. The van der Waals surface area contributed by atoms with Crippen LogP contribution in [0.1, 0.15) is 56.0 Å². The maximum absolute atomic E-state index is 13.7. The first kappa shape index (κ1) is 24.1. The second-order valence-electron chi connectivity index (χ2n) is 9.62. The van der Waals surface area contributed by atoms with Crippen LogP contribution in [0.5, 0.6) is 0 Å². The van der Waals surface area contributed by atoms with Gasteiger partial charge < -0.3 is 10.2 Å². The van der Waals surface area contributed by atoms with Crippen molar-refractivity contribution < 1.29 is 14.4 Å². The predicted molar refractivity (Wildman–Crippen MR) is 132 cm³/mol. The third-order valence-electron chi connectivity index (χ3n) is 8.07. The van der Waals surface area contributed by atoms with Crippen LogP contribution in [0.15, 0.2) is 41.6 Å². The Morgan fingerprint density at radius 2 is 1.76 bits per heavy atom. The lowest BCUT2D eigenvalue weighted by atomic mass is 9.64. The van der Waals surface area contributed by atoms with E-state index in [4.69, 9.17) is 39.6 Å². The summed E-state index contributed by atoms with van der Waals surface area (Å²) in [5.41, 5.74) is 0.928. The molecular formula is C25H25Cl3N2O3. The van der Waals surface area contributed by atoms with Crippen molar-refractivity contribution in [1.82, 2.24) is 0 Å². The molecule has 0 saturated heterocycles. The van der Waals surface area contributed by atoms with Gasteiger partial charge in [0.25, 0.3) is 0 Å². The summed E-state index contributed by atoms with van der Waals surface area (Å²) < 4.78 is 0. The zero-order valence-corrected chi connectivity index (χ0v) is 21.2. The van der Waals surface area contributed by atoms with Crippen LogP contribution >= 0.6 is 34.8 Å². The van der Waals surface area contributed by atoms with Crippen molar-refractivity contribution in [1.29, 1.82) is 0 Å². The van der Waals surface area contributed by atoms with Crippen LogP contribution in [0.3, 0.4) is 0 Å². The Labute approximate surface area is 208 Å². The summed E-state index contributed by atoms with van der Waals surface area (Å²) in [6, 6.07) is 10.0. The van der Waals surface area contributed by atoms with Crippen molar-refractivity contribution >= 4 is 58.1 Å². The van der Waals surface area contributed by atoms with Crippen LogP contribution in [0, 0.1) is 23.2 Å². The second kappa shape index (κ2) is 8.30. The minimum Gasteiger partial charge on any atom is -0.325 e. The normalized spacial score (nSPS) is 26.5. The molecule has 33 heavy (non-hydrogen) atoms. The number of oxime groups is 1. The molecule has 2 aromatic rings. The molecule has 2 atom stereocenters. The summed E-state index contributed by atoms with van der Waals surface area (Å²) in [5, 5.41) is 8.56. The van der Waals surface area contributed by atoms with E-state index in [1.54, 1.807) is 12.1 Å². The van der Waals surface area contributed by atoms with Gasteiger partial charge in [0, 0.05) is 27.6 Å². The smallest absolute Gasteiger partial charge is 0.325 e. The number of hydrogen-bond donors (Lipinski definition) is 1. The number of nitrogens with one attached hydrogen (secondary N) is 1. The maximum Gasteiger partial charge on any atom is 0.367 e. The SMILES string of the molecule is Cc1c(Cl)cccc1NC(=O)C12CCC(C)(/C(=N\OC(=O)c3ccc(Cl)cc3Cl)C1)C2(C)C. The maximum atomic E-state index is 13.7. The van der Waals surface area contributed by atoms with Crippen molar-refractivity contribution in [3.05, 3.63) is 62.6 Å². The molecule has 0 aliphatic heterocycles. The van der Waals surface area contributed by atoms with Crippen LogP contribution < -0.4 is 5.32 Å². The molecule has 1 N–H and O–H groups in total. The van der Waals surface area contributed by atoms with Gasteiger partial charge in [0.15, 0.2) is 0 Å². The first-order valence-corrected chi connectivity index (χ1v) is 11.9. The summed E-state index contributed by atoms with van der Waals surface area (Å²) in [4.78, 5) is 31.5. The molecule has 2 bridgehead atoms. The van der Waals surface area contributed by atoms with Crippen molar-refractivity contribution in [2.45, 2.75) is 47.0 Å². The minimum atomic E-state index is -0.681. The Morgan fingerprint density at radius 1 is 1.03 bits per heavy atom. The average molecular weight is 508 g/mol. The van der Waals surface area contributed by atoms with E-state index in [0.717, 1.165) is 18.4 Å². The number of halogens is 3. The third-order valence-corrected chi connectivity index (χ3v) is 9.03. The zero-order valence-electron chi connectivity index (χ0n) is 18.9. The molecule has 5 nitrogen and oxygen atoms in total. The van der Waals surface area contributed by atoms with E-state index in [-0.39, 0.29) is 16.5 Å². The van der Waals surface area contributed by atoms with Crippen LogP contribution in [0.4, 0.5) is 5.69 Å². The summed E-state index contributed by atoms with van der Waals surface area (Å²) in [6.07, 6.45) is 1.89. The summed E-state index contributed by atoms with van der Waals surface area (Å²) in [6.45, 7) is 8.14. The molecule has 0 aromatic heterocycles. The summed E-state index contributed by atoms with van der Waals surface area (Å²) in [7, 11) is 0. The van der Waals surface area contributed by atoms with Gasteiger partial charge in [-0.25, -0.2) is 4.79 Å². The van der Waals surface area contributed by atoms with Crippen molar-refractivity contribution in [3.63, 3.8) is 0 Å². The van der Waals surface area contributed by atoms with Crippen LogP contribution in [-0.4, -0.2) is 17.6 Å². The zero-order chi connectivity index (χ0) is 24.2. The predicted octanol–water partition coefficient (Wildman–Crippen LogP) is 7.32. The van der Waals surface area contributed by atoms with E-state index < -0.39 is 22.2 Å². The van der Waals surface area contributed by atoms with Crippen molar-refractivity contribution in [2.24, 2.45) is 21.4 Å².